The van der Waals surface area contributed by atoms with Crippen molar-refractivity contribution in [2.24, 2.45) is 0 Å². The number of benzene rings is 1. The van der Waals surface area contributed by atoms with Gasteiger partial charge in [-0.2, -0.15) is 0 Å². The van der Waals surface area contributed by atoms with Crippen molar-refractivity contribution in [3.8, 4) is 0 Å². The van der Waals surface area contributed by atoms with E-state index in [9.17, 15) is 4.79 Å². The Labute approximate surface area is 120 Å². The lowest BCUT2D eigenvalue weighted by Crippen LogP contribution is -2.36. The van der Waals surface area contributed by atoms with Crippen molar-refractivity contribution in [2.75, 3.05) is 6.54 Å². The van der Waals surface area contributed by atoms with E-state index in [2.05, 4.69) is 39.1 Å². The molecule has 3 rings (SSSR count). The van der Waals surface area contributed by atoms with Gasteiger partial charge in [-0.05, 0) is 41.8 Å². The molecular weight excluding hydrogens is 304 g/mol. The Morgan fingerprint density at radius 1 is 1.21 bits per heavy atom. The number of carbonyl (C=O) groups is 1. The van der Waals surface area contributed by atoms with Crippen molar-refractivity contribution >= 4 is 21.8 Å². The first-order valence-electron chi connectivity index (χ1n) is 6.21. The second-order valence-electron chi connectivity index (χ2n) is 4.60. The van der Waals surface area contributed by atoms with E-state index in [4.69, 9.17) is 0 Å². The van der Waals surface area contributed by atoms with Gasteiger partial charge in [-0.1, -0.05) is 28.1 Å². The van der Waals surface area contributed by atoms with E-state index < -0.39 is 0 Å². The predicted octanol–water partition coefficient (Wildman–Crippen LogP) is 3.04. The summed E-state index contributed by atoms with van der Waals surface area (Å²) in [4.78, 5) is 18.3. The summed E-state index contributed by atoms with van der Waals surface area (Å²) in [5.74, 6) is 0.00576. The molecule has 0 spiro atoms. The SMILES string of the molecule is O=C(c1ccccn1)N1CCc2ccc(Br)cc2C1. The Bertz CT molecular complexity index is 613. The number of halogens is 1. The number of hydrogen-bond donors (Lipinski definition) is 0. The maximum absolute atomic E-state index is 12.3. The molecule has 2 heterocycles. The average Bonchev–Trinajstić information content (AvgIpc) is 2.46. The third-order valence-electron chi connectivity index (χ3n) is 3.35. The van der Waals surface area contributed by atoms with E-state index in [-0.39, 0.29) is 5.91 Å². The zero-order valence-electron chi connectivity index (χ0n) is 10.3. The van der Waals surface area contributed by atoms with Crippen LogP contribution in [-0.2, 0) is 13.0 Å². The van der Waals surface area contributed by atoms with Crippen LogP contribution in [0.3, 0.4) is 0 Å². The summed E-state index contributed by atoms with van der Waals surface area (Å²) in [6, 6.07) is 11.7. The summed E-state index contributed by atoms with van der Waals surface area (Å²) >= 11 is 3.48. The Balaban J connectivity index is 1.84. The Morgan fingerprint density at radius 2 is 2.11 bits per heavy atom. The smallest absolute Gasteiger partial charge is 0.272 e. The van der Waals surface area contributed by atoms with Crippen molar-refractivity contribution in [1.82, 2.24) is 9.88 Å². The highest BCUT2D eigenvalue weighted by molar-refractivity contribution is 9.10. The number of amides is 1. The quantitative estimate of drug-likeness (QED) is 0.810. The zero-order chi connectivity index (χ0) is 13.2. The standard InChI is InChI=1S/C15H13BrN2O/c16-13-5-4-11-6-8-18(10-12(11)9-13)15(19)14-3-1-2-7-17-14/h1-5,7,9H,6,8,10H2. The summed E-state index contributed by atoms with van der Waals surface area (Å²) in [5, 5.41) is 0. The summed E-state index contributed by atoms with van der Waals surface area (Å²) in [5.41, 5.74) is 3.05. The van der Waals surface area contributed by atoms with E-state index in [0.717, 1.165) is 17.4 Å². The fraction of sp³-hybridized carbons (Fsp3) is 0.200. The van der Waals surface area contributed by atoms with Gasteiger partial charge in [0.1, 0.15) is 5.69 Å². The lowest BCUT2D eigenvalue weighted by Gasteiger charge is -2.28. The minimum Gasteiger partial charge on any atom is -0.333 e. The molecule has 0 fully saturated rings. The van der Waals surface area contributed by atoms with E-state index in [1.807, 2.05) is 17.0 Å². The summed E-state index contributed by atoms with van der Waals surface area (Å²) in [6.07, 6.45) is 2.56. The minimum absolute atomic E-state index is 0.00576. The number of rotatable bonds is 1. The highest BCUT2D eigenvalue weighted by Gasteiger charge is 2.22. The Kier molecular flexibility index (Phi) is 3.34. The number of carbonyl (C=O) groups excluding carboxylic acids is 1. The molecule has 0 saturated carbocycles. The molecule has 0 aliphatic carbocycles. The second-order valence-corrected chi connectivity index (χ2v) is 5.52. The van der Waals surface area contributed by atoms with Crippen LogP contribution in [0.5, 0.6) is 0 Å². The van der Waals surface area contributed by atoms with Gasteiger partial charge in [-0.3, -0.25) is 9.78 Å². The number of aromatic nitrogens is 1. The van der Waals surface area contributed by atoms with Crippen LogP contribution in [0.15, 0.2) is 47.1 Å². The fourth-order valence-corrected chi connectivity index (χ4v) is 2.76. The predicted molar refractivity (Wildman–Crippen MR) is 76.8 cm³/mol. The fourth-order valence-electron chi connectivity index (χ4n) is 2.35. The van der Waals surface area contributed by atoms with Crippen LogP contribution in [0.25, 0.3) is 0 Å². The lowest BCUT2D eigenvalue weighted by molar-refractivity contribution is 0.0728. The highest BCUT2D eigenvalue weighted by atomic mass is 79.9. The van der Waals surface area contributed by atoms with Gasteiger partial charge in [0, 0.05) is 23.8 Å². The molecular formula is C15H13BrN2O. The Hall–Kier alpha value is -1.68. The van der Waals surface area contributed by atoms with Crippen LogP contribution in [0.2, 0.25) is 0 Å². The highest BCUT2D eigenvalue weighted by Crippen LogP contribution is 2.23. The molecule has 19 heavy (non-hydrogen) atoms. The maximum atomic E-state index is 12.3. The molecule has 3 nitrogen and oxygen atoms in total. The molecule has 0 radical (unpaired) electrons. The van der Waals surface area contributed by atoms with Crippen molar-refractivity contribution in [2.45, 2.75) is 13.0 Å². The van der Waals surface area contributed by atoms with Gasteiger partial charge < -0.3 is 4.90 Å². The normalized spacial score (nSPS) is 14.1. The summed E-state index contributed by atoms with van der Waals surface area (Å²) in [6.45, 7) is 1.41. The van der Waals surface area contributed by atoms with Crippen LogP contribution < -0.4 is 0 Å². The van der Waals surface area contributed by atoms with Gasteiger partial charge in [0.15, 0.2) is 0 Å². The van der Waals surface area contributed by atoms with Crippen molar-refractivity contribution < 1.29 is 4.79 Å². The Morgan fingerprint density at radius 3 is 2.89 bits per heavy atom. The molecule has 0 bridgehead atoms. The molecule has 1 amide bonds. The molecule has 1 aliphatic heterocycles. The van der Waals surface area contributed by atoms with E-state index in [1.165, 1.54) is 11.1 Å². The van der Waals surface area contributed by atoms with Gasteiger partial charge in [-0.15, -0.1) is 0 Å². The van der Waals surface area contributed by atoms with Crippen LogP contribution in [-0.4, -0.2) is 22.3 Å². The third kappa shape index (κ3) is 2.54. The lowest BCUT2D eigenvalue weighted by atomic mass is 10.00. The second kappa shape index (κ2) is 5.13. The first kappa shape index (κ1) is 12.4. The van der Waals surface area contributed by atoms with E-state index in [1.54, 1.807) is 12.3 Å². The molecule has 2 aromatic rings. The third-order valence-corrected chi connectivity index (χ3v) is 3.85. The molecule has 1 aromatic heterocycles. The molecule has 0 unspecified atom stereocenters. The molecule has 0 N–H and O–H groups in total. The average molecular weight is 317 g/mol. The molecule has 4 heteroatoms. The van der Waals surface area contributed by atoms with Gasteiger partial charge in [0.05, 0.1) is 0 Å². The van der Waals surface area contributed by atoms with Crippen molar-refractivity contribution in [3.63, 3.8) is 0 Å². The number of hydrogen-bond acceptors (Lipinski definition) is 2. The van der Waals surface area contributed by atoms with Gasteiger partial charge >= 0.3 is 0 Å². The largest absolute Gasteiger partial charge is 0.333 e. The first-order chi connectivity index (χ1) is 9.24. The van der Waals surface area contributed by atoms with Gasteiger partial charge in [-0.25, -0.2) is 0 Å². The minimum atomic E-state index is 0.00576. The maximum Gasteiger partial charge on any atom is 0.272 e. The van der Waals surface area contributed by atoms with Crippen LogP contribution >= 0.6 is 15.9 Å². The van der Waals surface area contributed by atoms with Crippen molar-refractivity contribution in [3.05, 3.63) is 63.9 Å². The van der Waals surface area contributed by atoms with E-state index in [0.29, 0.717) is 12.2 Å². The molecule has 0 atom stereocenters. The van der Waals surface area contributed by atoms with Gasteiger partial charge in [0.25, 0.3) is 5.91 Å². The summed E-state index contributed by atoms with van der Waals surface area (Å²) in [7, 11) is 0. The number of nitrogens with zero attached hydrogens (tertiary/aromatic N) is 2. The zero-order valence-corrected chi connectivity index (χ0v) is 11.9. The first-order valence-corrected chi connectivity index (χ1v) is 7.01. The van der Waals surface area contributed by atoms with Crippen LogP contribution in [0.4, 0.5) is 0 Å². The summed E-state index contributed by atoms with van der Waals surface area (Å²) < 4.78 is 1.05. The van der Waals surface area contributed by atoms with E-state index >= 15 is 0 Å². The molecule has 96 valence electrons. The number of fused-ring (bicyclic) bond motifs is 1. The molecule has 0 saturated heterocycles. The molecule has 1 aliphatic rings. The monoisotopic (exact) mass is 316 g/mol. The molecule has 1 aromatic carbocycles. The number of pyridine rings is 1. The van der Waals surface area contributed by atoms with Crippen LogP contribution in [0.1, 0.15) is 21.6 Å². The topological polar surface area (TPSA) is 33.2 Å². The van der Waals surface area contributed by atoms with Crippen molar-refractivity contribution in [1.29, 1.82) is 0 Å². The van der Waals surface area contributed by atoms with Gasteiger partial charge in [0.2, 0.25) is 0 Å². The van der Waals surface area contributed by atoms with Crippen LogP contribution in [0, 0.1) is 0 Å².